The molecule has 0 fully saturated rings. The molecule has 3 rings (SSSR count). The van der Waals surface area contributed by atoms with Gasteiger partial charge in [0.05, 0.1) is 0 Å². The molecule has 78 valence electrons. The number of aliphatic hydroxyl groups excluding tert-OH is 1. The molecule has 1 aliphatic rings. The molecule has 0 saturated carbocycles. The Morgan fingerprint density at radius 1 is 1.33 bits per heavy atom. The largest absolute Gasteiger partial charge is 0.396 e. The molecule has 2 heteroatoms. The van der Waals surface area contributed by atoms with Crippen LogP contribution in [0.1, 0.15) is 17.7 Å². The molecule has 1 heterocycles. The first-order valence-corrected chi connectivity index (χ1v) is 5.58. The van der Waals surface area contributed by atoms with Crippen molar-refractivity contribution in [2.45, 2.75) is 19.3 Å². The van der Waals surface area contributed by atoms with Gasteiger partial charge in [0.2, 0.25) is 0 Å². The Morgan fingerprint density at radius 3 is 3.07 bits per heavy atom. The van der Waals surface area contributed by atoms with Gasteiger partial charge in [-0.3, -0.25) is 0 Å². The fourth-order valence-corrected chi connectivity index (χ4v) is 2.60. The van der Waals surface area contributed by atoms with Crippen LogP contribution in [0.2, 0.25) is 0 Å². The molecule has 1 atom stereocenters. The van der Waals surface area contributed by atoms with Crippen molar-refractivity contribution < 1.29 is 5.11 Å². The van der Waals surface area contributed by atoms with Crippen molar-refractivity contribution in [2.24, 2.45) is 5.92 Å². The normalized spacial score (nSPS) is 20.5. The minimum atomic E-state index is 0.318. The van der Waals surface area contributed by atoms with Crippen LogP contribution in [-0.2, 0) is 12.8 Å². The summed E-state index contributed by atoms with van der Waals surface area (Å²) >= 11 is 0. The molecule has 0 amide bonds. The monoisotopic (exact) mass is 201 g/mol. The molecule has 0 radical (unpaired) electrons. The predicted octanol–water partition coefficient (Wildman–Crippen LogP) is 2.27. The maximum absolute atomic E-state index is 9.22. The lowest BCUT2D eigenvalue weighted by atomic mass is 9.87. The van der Waals surface area contributed by atoms with Crippen LogP contribution in [0.25, 0.3) is 10.9 Å². The van der Waals surface area contributed by atoms with E-state index in [2.05, 4.69) is 29.2 Å². The lowest BCUT2D eigenvalue weighted by molar-refractivity contribution is 0.213. The van der Waals surface area contributed by atoms with Crippen LogP contribution < -0.4 is 0 Å². The van der Waals surface area contributed by atoms with Crippen molar-refractivity contribution in [3.8, 4) is 0 Å². The summed E-state index contributed by atoms with van der Waals surface area (Å²) in [6.45, 7) is 0.318. The lowest BCUT2D eigenvalue weighted by Gasteiger charge is -2.20. The molecule has 0 spiro atoms. The third-order valence-corrected chi connectivity index (χ3v) is 3.46. The molecule has 0 bridgehead atoms. The van der Waals surface area contributed by atoms with Gasteiger partial charge in [-0.25, -0.2) is 0 Å². The van der Waals surface area contributed by atoms with Crippen molar-refractivity contribution in [2.75, 3.05) is 6.61 Å². The van der Waals surface area contributed by atoms with Crippen LogP contribution in [0.15, 0.2) is 24.3 Å². The Balaban J connectivity index is 2.14. The number of para-hydroxylation sites is 1. The summed E-state index contributed by atoms with van der Waals surface area (Å²) in [5.74, 6) is 0.455. The Kier molecular flexibility index (Phi) is 2.03. The number of aryl methyl sites for hydroxylation is 1. The summed E-state index contributed by atoms with van der Waals surface area (Å²) in [4.78, 5) is 3.48. The SMILES string of the molecule is OCC1CCc2[nH]c3ccccc3c2C1. The summed E-state index contributed by atoms with van der Waals surface area (Å²) < 4.78 is 0. The van der Waals surface area contributed by atoms with Crippen molar-refractivity contribution in [3.05, 3.63) is 35.5 Å². The minimum absolute atomic E-state index is 0.318. The van der Waals surface area contributed by atoms with Gasteiger partial charge in [-0.15, -0.1) is 0 Å². The van der Waals surface area contributed by atoms with Gasteiger partial charge in [0.25, 0.3) is 0 Å². The first-order valence-electron chi connectivity index (χ1n) is 5.58. The van der Waals surface area contributed by atoms with E-state index in [0.717, 1.165) is 19.3 Å². The molecule has 2 N–H and O–H groups in total. The third-order valence-electron chi connectivity index (χ3n) is 3.46. The highest BCUT2D eigenvalue weighted by Gasteiger charge is 2.21. The summed E-state index contributed by atoms with van der Waals surface area (Å²) in [6, 6.07) is 8.44. The highest BCUT2D eigenvalue weighted by molar-refractivity contribution is 5.84. The fourth-order valence-electron chi connectivity index (χ4n) is 2.60. The number of fused-ring (bicyclic) bond motifs is 3. The Hall–Kier alpha value is -1.28. The first-order chi connectivity index (χ1) is 7.38. The van der Waals surface area contributed by atoms with E-state index in [4.69, 9.17) is 0 Å². The lowest BCUT2D eigenvalue weighted by Crippen LogP contribution is -2.16. The van der Waals surface area contributed by atoms with Crippen LogP contribution in [0.4, 0.5) is 0 Å². The molecule has 2 nitrogen and oxygen atoms in total. The standard InChI is InChI=1S/C13H15NO/c15-8-9-5-6-13-11(7-9)10-3-1-2-4-12(10)14-13/h1-4,9,14-15H,5-8H2. The van der Waals surface area contributed by atoms with Gasteiger partial charge in [0, 0.05) is 23.2 Å². The van der Waals surface area contributed by atoms with Crippen LogP contribution >= 0.6 is 0 Å². The van der Waals surface area contributed by atoms with E-state index in [9.17, 15) is 5.11 Å². The molecule has 2 aromatic rings. The van der Waals surface area contributed by atoms with E-state index in [0.29, 0.717) is 12.5 Å². The van der Waals surface area contributed by atoms with Crippen molar-refractivity contribution in [1.82, 2.24) is 4.98 Å². The van der Waals surface area contributed by atoms with E-state index < -0.39 is 0 Å². The highest BCUT2D eigenvalue weighted by atomic mass is 16.3. The summed E-state index contributed by atoms with van der Waals surface area (Å²) in [5, 5.41) is 10.6. The van der Waals surface area contributed by atoms with Crippen LogP contribution in [-0.4, -0.2) is 16.7 Å². The van der Waals surface area contributed by atoms with E-state index in [-0.39, 0.29) is 0 Å². The van der Waals surface area contributed by atoms with E-state index >= 15 is 0 Å². The third kappa shape index (κ3) is 1.37. The van der Waals surface area contributed by atoms with Crippen LogP contribution in [0.5, 0.6) is 0 Å². The average Bonchev–Trinajstić information content (AvgIpc) is 2.66. The van der Waals surface area contributed by atoms with E-state index in [1.165, 1.54) is 22.2 Å². The smallest absolute Gasteiger partial charge is 0.0462 e. The molecule has 1 aromatic carbocycles. The number of nitrogens with one attached hydrogen (secondary N) is 1. The van der Waals surface area contributed by atoms with Crippen molar-refractivity contribution in [1.29, 1.82) is 0 Å². The van der Waals surface area contributed by atoms with Crippen molar-refractivity contribution >= 4 is 10.9 Å². The number of hydrogen-bond donors (Lipinski definition) is 2. The van der Waals surface area contributed by atoms with Gasteiger partial charge in [-0.2, -0.15) is 0 Å². The molecular weight excluding hydrogens is 186 g/mol. The fraction of sp³-hybridized carbons (Fsp3) is 0.385. The van der Waals surface area contributed by atoms with Gasteiger partial charge in [0.15, 0.2) is 0 Å². The second-order valence-corrected chi connectivity index (χ2v) is 4.42. The number of H-pyrrole nitrogens is 1. The Morgan fingerprint density at radius 2 is 2.20 bits per heavy atom. The number of benzene rings is 1. The molecule has 1 aromatic heterocycles. The maximum atomic E-state index is 9.22. The van der Waals surface area contributed by atoms with Crippen LogP contribution in [0.3, 0.4) is 0 Å². The number of aromatic nitrogens is 1. The average molecular weight is 201 g/mol. The van der Waals surface area contributed by atoms with Gasteiger partial charge >= 0.3 is 0 Å². The number of hydrogen-bond acceptors (Lipinski definition) is 1. The summed E-state index contributed by atoms with van der Waals surface area (Å²) in [6.07, 6.45) is 3.21. The minimum Gasteiger partial charge on any atom is -0.396 e. The highest BCUT2D eigenvalue weighted by Crippen LogP contribution is 2.31. The maximum Gasteiger partial charge on any atom is 0.0462 e. The molecular formula is C13H15NO. The number of aromatic amines is 1. The van der Waals surface area contributed by atoms with E-state index in [1.807, 2.05) is 0 Å². The summed E-state index contributed by atoms with van der Waals surface area (Å²) in [7, 11) is 0. The molecule has 1 unspecified atom stereocenters. The summed E-state index contributed by atoms with van der Waals surface area (Å²) in [5.41, 5.74) is 4.04. The Labute approximate surface area is 88.9 Å². The van der Waals surface area contributed by atoms with E-state index in [1.54, 1.807) is 0 Å². The number of aliphatic hydroxyl groups is 1. The topological polar surface area (TPSA) is 36.0 Å². The molecule has 15 heavy (non-hydrogen) atoms. The first kappa shape index (κ1) is 8.98. The number of rotatable bonds is 1. The molecule has 0 saturated heterocycles. The van der Waals surface area contributed by atoms with Crippen LogP contribution in [0, 0.1) is 5.92 Å². The van der Waals surface area contributed by atoms with Gasteiger partial charge in [0.1, 0.15) is 0 Å². The molecule has 1 aliphatic carbocycles. The van der Waals surface area contributed by atoms with Crippen molar-refractivity contribution in [3.63, 3.8) is 0 Å². The van der Waals surface area contributed by atoms with Gasteiger partial charge in [-0.05, 0) is 36.8 Å². The zero-order valence-electron chi connectivity index (χ0n) is 8.66. The van der Waals surface area contributed by atoms with Gasteiger partial charge in [-0.1, -0.05) is 18.2 Å². The second kappa shape index (κ2) is 3.38. The second-order valence-electron chi connectivity index (χ2n) is 4.42. The predicted molar refractivity (Wildman–Crippen MR) is 60.9 cm³/mol. The van der Waals surface area contributed by atoms with Gasteiger partial charge < -0.3 is 10.1 Å². The Bertz CT molecular complexity index is 486. The zero-order chi connectivity index (χ0) is 10.3. The quantitative estimate of drug-likeness (QED) is 0.729. The zero-order valence-corrected chi connectivity index (χ0v) is 8.66. The molecule has 0 aliphatic heterocycles.